The van der Waals surface area contributed by atoms with Crippen molar-refractivity contribution in [3.8, 4) is 132 Å². The lowest BCUT2D eigenvalue weighted by Gasteiger charge is -2.24. The van der Waals surface area contributed by atoms with Crippen LogP contribution in [0.25, 0.3) is 168 Å². The van der Waals surface area contributed by atoms with Crippen molar-refractivity contribution < 1.29 is 13.3 Å². The molecule has 16 heterocycles. The van der Waals surface area contributed by atoms with E-state index in [2.05, 4.69) is 133 Å². The molecule has 0 aliphatic heterocycles. The number of H-pyrrole nitrogens is 1. The van der Waals surface area contributed by atoms with Gasteiger partial charge in [0.1, 0.15) is 80.5 Å². The highest BCUT2D eigenvalue weighted by molar-refractivity contribution is 7.16. The molecule has 23 aromatic rings. The van der Waals surface area contributed by atoms with Crippen molar-refractivity contribution in [1.29, 1.82) is 15.8 Å². The standard InChI is InChI=1S/C19H18N4.C18H11N5O.C16H11ClN6.C16H11N5O.C15H9N7O.C15H9N7S/c20-17-12-22-18(19(23-17)13-5-2-1-3-6-13)15-8-9-16-14(11-15)7-4-10-21-16;19-9-14-18(20)23-16(11-4-2-1-3-5-11)17(22-14)12-6-7-13-15(8-12)24-10-21-13;17-10-5-9(6-12-15(10)22-8-21-12)14-16(23-13(18)7-20-14)11-3-1-2-4-19-11;17-12-9-19-14(13(21-12)10-5-2-1-3-6-10)16-20-11-7-4-8-18-15(11)22-16;2*16-7-11-14(17)21-15(22-5-1-4-19-22)13(20-11)9-2-3-10-12(6-9)23-8-18-10/h1-7,10,12,15H,8-9,11H2,(H2,20,23);1-8,10H,(H2,20,23);1-8H,(H2,18,23)(H,21,22);1-9H,(H2,17,21);2*1-6,8H,(H2,17,21). The summed E-state index contributed by atoms with van der Waals surface area (Å²) in [5, 5.41) is 36.5. The third-order valence-corrected chi connectivity index (χ3v) is 22.5. The monoisotopic (exact) mass is 1850 g/mol. The van der Waals surface area contributed by atoms with Gasteiger partial charge in [-0.1, -0.05) is 133 Å². The van der Waals surface area contributed by atoms with E-state index in [0.29, 0.717) is 120 Å². The molecule has 13 N–H and O–H groups in total. The quantitative estimate of drug-likeness (QED) is 0.0597. The number of hydrogen-bond donors (Lipinski definition) is 7. The van der Waals surface area contributed by atoms with Crippen LogP contribution in [0, 0.1) is 34.0 Å². The Hall–Kier alpha value is -19.8. The molecule has 7 aromatic carbocycles. The first-order valence-corrected chi connectivity index (χ1v) is 43.3. The van der Waals surface area contributed by atoms with E-state index in [1.807, 2.05) is 194 Å². The fraction of sp³-hybridized carbons (Fsp3) is 0.0404. The zero-order valence-electron chi connectivity index (χ0n) is 72.0. The molecule has 0 bridgehead atoms. The van der Waals surface area contributed by atoms with Crippen molar-refractivity contribution in [2.24, 2.45) is 0 Å². The maximum Gasteiger partial charge on any atom is 0.250 e. The van der Waals surface area contributed by atoms with E-state index in [-0.39, 0.29) is 34.5 Å². The number of benzene rings is 7. The minimum atomic E-state index is 0.0579. The van der Waals surface area contributed by atoms with Crippen LogP contribution in [-0.4, -0.2) is 124 Å². The number of aryl methyl sites for hydroxylation is 1. The number of hydrogen-bond acceptors (Lipinski definition) is 35. The number of thiazole rings is 1. The number of nitrogens with one attached hydrogen (secondary N) is 1. The highest BCUT2D eigenvalue weighted by Crippen LogP contribution is 2.40. The first-order valence-electron chi connectivity index (χ1n) is 42.1. The molecule has 0 fully saturated rings. The molecule has 1 aliphatic rings. The lowest BCUT2D eigenvalue weighted by Crippen LogP contribution is -2.16. The van der Waals surface area contributed by atoms with Gasteiger partial charge in [-0.2, -0.15) is 26.0 Å². The number of anilines is 6. The Morgan fingerprint density at radius 1 is 0.406 bits per heavy atom. The van der Waals surface area contributed by atoms with Crippen molar-refractivity contribution in [3.05, 3.63) is 338 Å². The lowest BCUT2D eigenvalue weighted by atomic mass is 9.83. The summed E-state index contributed by atoms with van der Waals surface area (Å²) in [5.41, 5.74) is 59.2. The number of halogens is 1. The van der Waals surface area contributed by atoms with E-state index in [1.54, 1.807) is 100 Å². The average molecular weight is 1850 g/mol. The molecule has 0 spiro atoms. The predicted octanol–water partition coefficient (Wildman–Crippen LogP) is 17.4. The number of aromatic nitrogens is 25. The van der Waals surface area contributed by atoms with Gasteiger partial charge in [0.25, 0.3) is 0 Å². The Morgan fingerprint density at radius 3 is 1.54 bits per heavy atom. The maximum atomic E-state index is 9.23. The van der Waals surface area contributed by atoms with Crippen LogP contribution in [0.1, 0.15) is 46.4 Å². The van der Waals surface area contributed by atoms with Gasteiger partial charge < -0.3 is 52.6 Å². The number of imidazole rings is 1. The normalized spacial score (nSPS) is 11.8. The first-order chi connectivity index (χ1) is 67.6. The van der Waals surface area contributed by atoms with Gasteiger partial charge in [0.2, 0.25) is 11.6 Å². The van der Waals surface area contributed by atoms with Crippen LogP contribution in [0.4, 0.5) is 34.9 Å². The fourth-order valence-electron chi connectivity index (χ4n) is 15.1. The predicted molar refractivity (Wildman–Crippen MR) is 521 cm³/mol. The molecular weight excluding hydrogens is 1780 g/mol. The molecule has 39 heteroatoms. The summed E-state index contributed by atoms with van der Waals surface area (Å²) in [4.78, 5) is 90.0. The molecule has 16 aromatic heterocycles. The van der Waals surface area contributed by atoms with E-state index in [4.69, 9.17) is 64.5 Å². The van der Waals surface area contributed by atoms with Gasteiger partial charge in [0, 0.05) is 93.9 Å². The van der Waals surface area contributed by atoms with Crippen LogP contribution in [0.15, 0.2) is 312 Å². The second-order valence-electron chi connectivity index (χ2n) is 30.2. The van der Waals surface area contributed by atoms with Crippen LogP contribution in [0.5, 0.6) is 0 Å². The fourth-order valence-corrected chi connectivity index (χ4v) is 16.0. The highest BCUT2D eigenvalue weighted by atomic mass is 35.5. The summed E-state index contributed by atoms with van der Waals surface area (Å²) in [6.07, 6.45) is 24.0. The lowest BCUT2D eigenvalue weighted by molar-refractivity contribution is 0.561. The van der Waals surface area contributed by atoms with Crippen molar-refractivity contribution in [1.82, 2.24) is 124 Å². The summed E-state index contributed by atoms with van der Waals surface area (Å²) in [5.74, 6) is 3.05. The Bertz CT molecular complexity index is 8290. The molecule has 1 atom stereocenters. The largest absolute Gasteiger partial charge is 0.443 e. The minimum absolute atomic E-state index is 0.0579. The van der Waals surface area contributed by atoms with Gasteiger partial charge in [-0.3, -0.25) is 19.9 Å². The van der Waals surface area contributed by atoms with Crippen LogP contribution in [-0.2, 0) is 12.8 Å². The van der Waals surface area contributed by atoms with E-state index >= 15 is 0 Å². The zero-order valence-corrected chi connectivity index (χ0v) is 73.6. The maximum absolute atomic E-state index is 9.23. The van der Waals surface area contributed by atoms with E-state index in [1.165, 1.54) is 36.4 Å². The third-order valence-electron chi connectivity index (χ3n) is 21.4. The number of fused-ring (bicyclic) bond motifs is 6. The summed E-state index contributed by atoms with van der Waals surface area (Å²) >= 11 is 7.85. The number of pyridine rings is 3. The zero-order chi connectivity index (χ0) is 94.5. The number of rotatable bonds is 12. The molecular formula is C99H69ClN34O3S. The molecule has 0 saturated heterocycles. The third kappa shape index (κ3) is 19.0. The Labute approximate surface area is 790 Å². The highest BCUT2D eigenvalue weighted by Gasteiger charge is 2.28. The Kier molecular flexibility index (Phi) is 25.1. The van der Waals surface area contributed by atoms with Gasteiger partial charge in [0.05, 0.1) is 85.3 Å². The number of nitrogens with zero attached hydrogens (tertiary/aromatic N) is 27. The van der Waals surface area contributed by atoms with Crippen LogP contribution < -0.4 is 34.4 Å². The molecule has 0 amide bonds. The first kappa shape index (κ1) is 87.5. The van der Waals surface area contributed by atoms with Gasteiger partial charge in [-0.05, 0) is 116 Å². The SMILES string of the molecule is N#Cc1nc(-c2ccc3ncoc3c2)c(-c2ccccc2)nc1N.N#Cc1nc(-c2ccc3ncoc3c2)c(-n2cccn2)nc1N.N#Cc1nc(-c2ccc3ncsc3c2)c(-n2cccn2)nc1N.Nc1cnc(-c2cc(Cl)c3nc[nH]c3c2)c(-c2ccccn2)n1.Nc1cnc(-c2nc3cccnc3o2)c(-c2ccccc2)n1.Nc1cnc(C2CCc3ncccc3C2)c(-c2ccccc2)n1. The van der Waals surface area contributed by atoms with Crippen LogP contribution >= 0.6 is 22.9 Å². The van der Waals surface area contributed by atoms with Crippen molar-refractivity contribution in [2.45, 2.75) is 25.2 Å². The molecule has 0 saturated carbocycles. The van der Waals surface area contributed by atoms with E-state index in [9.17, 15) is 10.5 Å². The molecule has 0 radical (unpaired) electrons. The van der Waals surface area contributed by atoms with Crippen molar-refractivity contribution >= 4 is 113 Å². The van der Waals surface area contributed by atoms with E-state index in [0.717, 1.165) is 102 Å². The molecule has 138 heavy (non-hydrogen) atoms. The van der Waals surface area contributed by atoms with Gasteiger partial charge in [0.15, 0.2) is 75.8 Å². The van der Waals surface area contributed by atoms with Crippen molar-refractivity contribution in [3.63, 3.8) is 0 Å². The Morgan fingerprint density at radius 2 is 0.935 bits per heavy atom. The number of aromatic amines is 1. The molecule has 1 unspecified atom stereocenters. The summed E-state index contributed by atoms with van der Waals surface area (Å²) in [6, 6.07) is 72.8. The number of nitriles is 3. The average Bonchev–Trinajstić information content (AvgIpc) is 1.54. The van der Waals surface area contributed by atoms with Gasteiger partial charge >= 0.3 is 0 Å². The van der Waals surface area contributed by atoms with Crippen molar-refractivity contribution in [2.75, 3.05) is 34.4 Å². The molecule has 666 valence electrons. The topological polar surface area (TPSA) is 576 Å². The summed E-state index contributed by atoms with van der Waals surface area (Å²) < 4.78 is 20.5. The van der Waals surface area contributed by atoms with Gasteiger partial charge in [-0.15, -0.1) is 11.3 Å². The van der Waals surface area contributed by atoms with Crippen LogP contribution in [0.3, 0.4) is 0 Å². The number of oxazole rings is 3. The molecule has 24 rings (SSSR count). The van der Waals surface area contributed by atoms with E-state index < -0.39 is 0 Å². The number of nitrogen functional groups attached to an aromatic ring is 6. The summed E-state index contributed by atoms with van der Waals surface area (Å²) in [7, 11) is 0. The second-order valence-corrected chi connectivity index (χ2v) is 31.5. The molecule has 37 nitrogen and oxygen atoms in total. The number of nitrogens with two attached hydrogens (primary N) is 6. The minimum Gasteiger partial charge on any atom is -0.443 e. The Balaban J connectivity index is 0.000000106. The smallest absolute Gasteiger partial charge is 0.250 e. The van der Waals surface area contributed by atoms with Gasteiger partial charge in [-0.25, -0.2) is 89.1 Å². The molecule has 1 aliphatic carbocycles. The second kappa shape index (κ2) is 39.5. The summed E-state index contributed by atoms with van der Waals surface area (Å²) in [6.45, 7) is 0. The van der Waals surface area contributed by atoms with Crippen LogP contribution in [0.2, 0.25) is 5.02 Å².